The lowest BCUT2D eigenvalue weighted by molar-refractivity contribution is -0.122. The fourth-order valence-electron chi connectivity index (χ4n) is 2.20. The van der Waals surface area contributed by atoms with E-state index < -0.39 is 0 Å². The van der Waals surface area contributed by atoms with Gasteiger partial charge in [0.25, 0.3) is 0 Å². The molecule has 0 bridgehead atoms. The van der Waals surface area contributed by atoms with Crippen molar-refractivity contribution in [1.82, 2.24) is 0 Å². The molecule has 0 aliphatic heterocycles. The average Bonchev–Trinajstić information content (AvgIpc) is 2.53. The van der Waals surface area contributed by atoms with Gasteiger partial charge in [0.15, 0.2) is 11.5 Å². The number of phenols is 3. The molecule has 6 heteroatoms. The van der Waals surface area contributed by atoms with Crippen molar-refractivity contribution in [3.05, 3.63) is 47.5 Å². The van der Waals surface area contributed by atoms with Gasteiger partial charge in [-0.25, -0.2) is 0 Å². The van der Waals surface area contributed by atoms with Crippen LogP contribution in [0.15, 0.2) is 36.4 Å². The Hall–Kier alpha value is -3.02. The van der Waals surface area contributed by atoms with E-state index in [1.54, 1.807) is 25.1 Å². The molecule has 0 saturated heterocycles. The van der Waals surface area contributed by atoms with Gasteiger partial charge in [0.1, 0.15) is 11.5 Å². The number of amides is 1. The lowest BCUT2D eigenvalue weighted by Crippen LogP contribution is -2.14. The number of nitrogens with one attached hydrogen (secondary N) is 1. The maximum absolute atomic E-state index is 11.9. The van der Waals surface area contributed by atoms with Crippen LogP contribution in [0.5, 0.6) is 17.2 Å². The van der Waals surface area contributed by atoms with E-state index in [9.17, 15) is 24.9 Å². The molecule has 0 aliphatic rings. The van der Waals surface area contributed by atoms with E-state index in [1.165, 1.54) is 18.2 Å². The van der Waals surface area contributed by atoms with E-state index in [0.717, 1.165) is 0 Å². The summed E-state index contributed by atoms with van der Waals surface area (Å²) >= 11 is 0. The number of Topliss-reactive ketones (excluding diaryl/α,β-unsaturated/α-hetero) is 1. The van der Waals surface area contributed by atoms with Crippen LogP contribution in [0.1, 0.15) is 24.0 Å². The van der Waals surface area contributed by atoms with E-state index in [1.807, 2.05) is 0 Å². The zero-order valence-electron chi connectivity index (χ0n) is 13.2. The van der Waals surface area contributed by atoms with Gasteiger partial charge < -0.3 is 20.6 Å². The average molecular weight is 329 g/mol. The van der Waals surface area contributed by atoms with E-state index in [4.69, 9.17) is 0 Å². The van der Waals surface area contributed by atoms with Crippen molar-refractivity contribution >= 4 is 17.4 Å². The van der Waals surface area contributed by atoms with Gasteiger partial charge in [0, 0.05) is 24.9 Å². The largest absolute Gasteiger partial charge is 0.508 e. The highest BCUT2D eigenvalue weighted by molar-refractivity contribution is 5.94. The van der Waals surface area contributed by atoms with Gasteiger partial charge in [-0.1, -0.05) is 6.07 Å². The van der Waals surface area contributed by atoms with Crippen molar-refractivity contribution in [2.24, 2.45) is 0 Å². The molecule has 0 atom stereocenters. The molecule has 1 amide bonds. The molecule has 2 rings (SSSR count). The highest BCUT2D eigenvalue weighted by Crippen LogP contribution is 2.25. The molecule has 6 nitrogen and oxygen atoms in total. The van der Waals surface area contributed by atoms with Gasteiger partial charge in [-0.15, -0.1) is 0 Å². The minimum atomic E-state index is -0.290. The van der Waals surface area contributed by atoms with Gasteiger partial charge in [0.05, 0.1) is 0 Å². The number of carbonyl (C=O) groups is 2. The van der Waals surface area contributed by atoms with Gasteiger partial charge >= 0.3 is 0 Å². The maximum Gasteiger partial charge on any atom is 0.224 e. The summed E-state index contributed by atoms with van der Waals surface area (Å²) in [6.07, 6.45) is 0.201. The van der Waals surface area contributed by atoms with Crippen LogP contribution in [0, 0.1) is 6.92 Å². The number of benzene rings is 2. The SMILES string of the molecule is Cc1cc(NC(=O)CCC(=O)Cc2ccc(O)c(O)c2)ccc1O. The molecule has 0 unspecified atom stereocenters. The first-order valence-corrected chi connectivity index (χ1v) is 7.47. The van der Waals surface area contributed by atoms with Crippen molar-refractivity contribution in [1.29, 1.82) is 0 Å². The van der Waals surface area contributed by atoms with Gasteiger partial charge in [-0.05, 0) is 48.4 Å². The minimum absolute atomic E-state index is 0.0445. The van der Waals surface area contributed by atoms with Crippen LogP contribution < -0.4 is 5.32 Å². The Morgan fingerprint density at radius 1 is 0.917 bits per heavy atom. The lowest BCUT2D eigenvalue weighted by Gasteiger charge is -2.07. The Labute approximate surface area is 139 Å². The van der Waals surface area contributed by atoms with Crippen LogP contribution in [-0.4, -0.2) is 27.0 Å². The molecule has 0 radical (unpaired) electrons. The Morgan fingerprint density at radius 3 is 2.29 bits per heavy atom. The molecule has 126 valence electrons. The van der Waals surface area contributed by atoms with E-state index in [-0.39, 0.29) is 48.2 Å². The standard InChI is InChI=1S/C18H19NO5/c1-11-8-13(3-6-15(11)21)19-18(24)7-4-14(20)9-12-2-5-16(22)17(23)10-12/h2-3,5-6,8,10,21-23H,4,7,9H2,1H3,(H,19,24). The normalized spacial score (nSPS) is 10.4. The number of aromatic hydroxyl groups is 3. The third-order valence-electron chi connectivity index (χ3n) is 3.55. The Bertz CT molecular complexity index is 704. The highest BCUT2D eigenvalue weighted by Gasteiger charge is 2.10. The van der Waals surface area contributed by atoms with Crippen molar-refractivity contribution in [3.63, 3.8) is 0 Å². The molecule has 0 spiro atoms. The van der Waals surface area contributed by atoms with Crippen molar-refractivity contribution in [2.45, 2.75) is 26.2 Å². The van der Waals surface area contributed by atoms with Crippen LogP contribution in [-0.2, 0) is 16.0 Å². The molecular weight excluding hydrogens is 310 g/mol. The zero-order chi connectivity index (χ0) is 17.7. The monoisotopic (exact) mass is 329 g/mol. The fraction of sp³-hybridized carbons (Fsp3) is 0.222. The molecule has 0 fully saturated rings. The zero-order valence-corrected chi connectivity index (χ0v) is 13.2. The number of phenolic OH excluding ortho intramolecular Hbond substituents is 3. The van der Waals surface area contributed by atoms with Gasteiger partial charge in [0.2, 0.25) is 5.91 Å². The van der Waals surface area contributed by atoms with Crippen LogP contribution in [0.3, 0.4) is 0 Å². The van der Waals surface area contributed by atoms with Crippen LogP contribution >= 0.6 is 0 Å². The smallest absolute Gasteiger partial charge is 0.224 e. The lowest BCUT2D eigenvalue weighted by atomic mass is 10.0. The molecule has 24 heavy (non-hydrogen) atoms. The quantitative estimate of drug-likeness (QED) is 0.481. The van der Waals surface area contributed by atoms with Gasteiger partial charge in [-0.3, -0.25) is 9.59 Å². The summed E-state index contributed by atoms with van der Waals surface area (Å²) in [5.74, 6) is -0.796. The minimum Gasteiger partial charge on any atom is -0.508 e. The predicted molar refractivity (Wildman–Crippen MR) is 89.2 cm³/mol. The van der Waals surface area contributed by atoms with Crippen molar-refractivity contribution in [3.8, 4) is 17.2 Å². The van der Waals surface area contributed by atoms with Gasteiger partial charge in [-0.2, -0.15) is 0 Å². The fourth-order valence-corrected chi connectivity index (χ4v) is 2.20. The first-order valence-electron chi connectivity index (χ1n) is 7.47. The number of ketones is 1. The van der Waals surface area contributed by atoms with E-state index >= 15 is 0 Å². The Kier molecular flexibility index (Phi) is 5.42. The summed E-state index contributed by atoms with van der Waals surface area (Å²) in [5, 5.41) is 30.7. The number of anilines is 1. The topological polar surface area (TPSA) is 107 Å². The third-order valence-corrected chi connectivity index (χ3v) is 3.55. The molecule has 0 heterocycles. The number of hydrogen-bond donors (Lipinski definition) is 4. The summed E-state index contributed by atoms with van der Waals surface area (Å²) in [4.78, 5) is 23.8. The molecular formula is C18H19NO5. The summed E-state index contributed by atoms with van der Waals surface area (Å²) in [7, 11) is 0. The number of carbonyl (C=O) groups excluding carboxylic acids is 2. The Morgan fingerprint density at radius 2 is 1.62 bits per heavy atom. The van der Waals surface area contributed by atoms with E-state index in [0.29, 0.717) is 16.8 Å². The Balaban J connectivity index is 1.83. The highest BCUT2D eigenvalue weighted by atomic mass is 16.3. The number of rotatable bonds is 6. The summed E-state index contributed by atoms with van der Waals surface area (Å²) in [5.41, 5.74) is 1.78. The third kappa shape index (κ3) is 4.74. The second-order valence-electron chi connectivity index (χ2n) is 5.59. The molecule has 0 aromatic heterocycles. The molecule has 0 saturated carbocycles. The molecule has 0 aliphatic carbocycles. The van der Waals surface area contributed by atoms with Crippen LogP contribution in [0.2, 0.25) is 0 Å². The molecule has 4 N–H and O–H groups in total. The maximum atomic E-state index is 11.9. The molecule has 2 aromatic carbocycles. The second kappa shape index (κ2) is 7.50. The van der Waals surface area contributed by atoms with Crippen LogP contribution in [0.25, 0.3) is 0 Å². The second-order valence-corrected chi connectivity index (χ2v) is 5.59. The van der Waals surface area contributed by atoms with Crippen molar-refractivity contribution < 1.29 is 24.9 Å². The van der Waals surface area contributed by atoms with E-state index in [2.05, 4.69) is 5.32 Å². The van der Waals surface area contributed by atoms with Crippen LogP contribution in [0.4, 0.5) is 5.69 Å². The summed E-state index contributed by atoms with van der Waals surface area (Å²) in [6.45, 7) is 1.72. The summed E-state index contributed by atoms with van der Waals surface area (Å²) < 4.78 is 0. The van der Waals surface area contributed by atoms with Crippen molar-refractivity contribution in [2.75, 3.05) is 5.32 Å². The predicted octanol–water partition coefficient (Wildman–Crippen LogP) is 2.64. The first kappa shape index (κ1) is 17.3. The number of aryl methyl sites for hydroxylation is 1. The summed E-state index contributed by atoms with van der Waals surface area (Å²) in [6, 6.07) is 8.92. The first-order chi connectivity index (χ1) is 11.3. The molecule has 2 aromatic rings. The number of hydrogen-bond acceptors (Lipinski definition) is 5.